The van der Waals surface area contributed by atoms with Crippen molar-refractivity contribution >= 4 is 17.5 Å². The Bertz CT molecular complexity index is 785. The molecular formula is C21H24ClNO3. The van der Waals surface area contributed by atoms with E-state index in [4.69, 9.17) is 21.1 Å². The zero-order valence-electron chi connectivity index (χ0n) is 15.2. The summed E-state index contributed by atoms with van der Waals surface area (Å²) in [6.45, 7) is 5.44. The first-order chi connectivity index (χ1) is 12.5. The predicted octanol–water partition coefficient (Wildman–Crippen LogP) is 4.30. The SMILES string of the molecule is Cc1cccc(-c2cc(Cl)cc(OCC(=O)NCC3CCCO3)c2)c1C. The molecule has 138 valence electrons. The molecular weight excluding hydrogens is 350 g/mol. The van der Waals surface area contributed by atoms with E-state index in [2.05, 4.69) is 31.3 Å². The van der Waals surface area contributed by atoms with Gasteiger partial charge in [0.05, 0.1) is 6.10 Å². The average Bonchev–Trinajstić information content (AvgIpc) is 3.13. The molecule has 1 aliphatic heterocycles. The van der Waals surface area contributed by atoms with Crippen LogP contribution in [0.3, 0.4) is 0 Å². The fourth-order valence-electron chi connectivity index (χ4n) is 3.10. The molecule has 0 spiro atoms. The van der Waals surface area contributed by atoms with Crippen molar-refractivity contribution in [2.45, 2.75) is 32.8 Å². The minimum Gasteiger partial charge on any atom is -0.484 e. The molecule has 5 heteroatoms. The third-order valence-corrected chi connectivity index (χ3v) is 4.93. The lowest BCUT2D eigenvalue weighted by molar-refractivity contribution is -0.123. The quantitative estimate of drug-likeness (QED) is 0.821. The summed E-state index contributed by atoms with van der Waals surface area (Å²) in [5, 5.41) is 3.43. The molecule has 1 atom stereocenters. The highest BCUT2D eigenvalue weighted by Crippen LogP contribution is 2.31. The molecule has 2 aromatic carbocycles. The van der Waals surface area contributed by atoms with Crippen molar-refractivity contribution in [1.29, 1.82) is 0 Å². The van der Waals surface area contributed by atoms with Crippen LogP contribution in [0.5, 0.6) is 5.75 Å². The van der Waals surface area contributed by atoms with Crippen LogP contribution in [-0.2, 0) is 9.53 Å². The predicted molar refractivity (Wildman–Crippen MR) is 104 cm³/mol. The third-order valence-electron chi connectivity index (χ3n) is 4.71. The van der Waals surface area contributed by atoms with E-state index in [0.29, 0.717) is 17.3 Å². The van der Waals surface area contributed by atoms with Crippen molar-refractivity contribution in [2.75, 3.05) is 19.8 Å². The molecule has 1 amide bonds. The first kappa shape index (κ1) is 18.7. The number of halogens is 1. The number of hydrogen-bond acceptors (Lipinski definition) is 3. The van der Waals surface area contributed by atoms with Crippen molar-refractivity contribution in [2.24, 2.45) is 0 Å². The first-order valence-electron chi connectivity index (χ1n) is 8.91. The number of carbonyl (C=O) groups is 1. The fourth-order valence-corrected chi connectivity index (χ4v) is 3.32. The summed E-state index contributed by atoms with van der Waals surface area (Å²) >= 11 is 6.26. The monoisotopic (exact) mass is 373 g/mol. The van der Waals surface area contributed by atoms with Crippen LogP contribution in [0.25, 0.3) is 11.1 Å². The topological polar surface area (TPSA) is 47.6 Å². The molecule has 1 heterocycles. The molecule has 0 aromatic heterocycles. The summed E-state index contributed by atoms with van der Waals surface area (Å²) in [5.41, 5.74) is 4.52. The maximum absolute atomic E-state index is 12.0. The number of carbonyl (C=O) groups excluding carboxylic acids is 1. The highest BCUT2D eigenvalue weighted by Gasteiger charge is 2.16. The lowest BCUT2D eigenvalue weighted by Gasteiger charge is -2.13. The Balaban J connectivity index is 1.64. The number of rotatable bonds is 6. The van der Waals surface area contributed by atoms with E-state index in [1.807, 2.05) is 18.2 Å². The van der Waals surface area contributed by atoms with Gasteiger partial charge >= 0.3 is 0 Å². The number of benzene rings is 2. The van der Waals surface area contributed by atoms with Crippen molar-refractivity contribution in [1.82, 2.24) is 5.32 Å². The van der Waals surface area contributed by atoms with Gasteiger partial charge in [-0.25, -0.2) is 0 Å². The Labute approximate surface area is 159 Å². The Kier molecular flexibility index (Phi) is 6.17. The Hall–Kier alpha value is -2.04. The van der Waals surface area contributed by atoms with Gasteiger partial charge in [0, 0.05) is 18.2 Å². The molecule has 0 aliphatic carbocycles. The van der Waals surface area contributed by atoms with E-state index >= 15 is 0 Å². The van der Waals surface area contributed by atoms with Gasteiger partial charge in [0.2, 0.25) is 0 Å². The Morgan fingerprint density at radius 1 is 1.31 bits per heavy atom. The standard InChI is InChI=1S/C21H24ClNO3/c1-14-5-3-7-20(15(14)2)16-9-17(22)11-19(10-16)26-13-21(24)23-12-18-6-4-8-25-18/h3,5,7,9-11,18H,4,6,8,12-13H2,1-2H3,(H,23,24). The zero-order chi connectivity index (χ0) is 18.5. The summed E-state index contributed by atoms with van der Waals surface area (Å²) < 4.78 is 11.2. The summed E-state index contributed by atoms with van der Waals surface area (Å²) in [6, 6.07) is 11.7. The lowest BCUT2D eigenvalue weighted by atomic mass is 9.97. The summed E-state index contributed by atoms with van der Waals surface area (Å²) in [4.78, 5) is 12.0. The molecule has 1 aliphatic rings. The maximum Gasteiger partial charge on any atom is 0.258 e. The van der Waals surface area contributed by atoms with Crippen LogP contribution in [0.2, 0.25) is 5.02 Å². The van der Waals surface area contributed by atoms with Gasteiger partial charge in [-0.15, -0.1) is 0 Å². The average molecular weight is 374 g/mol. The molecule has 0 radical (unpaired) electrons. The highest BCUT2D eigenvalue weighted by molar-refractivity contribution is 6.31. The number of nitrogens with one attached hydrogen (secondary N) is 1. The van der Waals surface area contributed by atoms with E-state index < -0.39 is 0 Å². The van der Waals surface area contributed by atoms with Crippen molar-refractivity contribution in [3.63, 3.8) is 0 Å². The second-order valence-electron chi connectivity index (χ2n) is 6.65. The zero-order valence-corrected chi connectivity index (χ0v) is 15.9. The fraction of sp³-hybridized carbons (Fsp3) is 0.381. The van der Waals surface area contributed by atoms with E-state index in [9.17, 15) is 4.79 Å². The first-order valence-corrected chi connectivity index (χ1v) is 9.29. The third kappa shape index (κ3) is 4.77. The van der Waals surface area contributed by atoms with Crippen LogP contribution in [0.4, 0.5) is 0 Å². The van der Waals surface area contributed by atoms with Gasteiger partial charge in [0.25, 0.3) is 5.91 Å². The molecule has 2 aromatic rings. The van der Waals surface area contributed by atoms with Gasteiger partial charge in [-0.1, -0.05) is 29.8 Å². The van der Waals surface area contributed by atoms with Crippen LogP contribution in [-0.4, -0.2) is 31.8 Å². The van der Waals surface area contributed by atoms with Crippen LogP contribution in [0.15, 0.2) is 36.4 Å². The molecule has 0 bridgehead atoms. The van der Waals surface area contributed by atoms with Gasteiger partial charge in [-0.2, -0.15) is 0 Å². The second-order valence-corrected chi connectivity index (χ2v) is 7.09. The number of aryl methyl sites for hydroxylation is 1. The molecule has 1 N–H and O–H groups in total. The molecule has 1 unspecified atom stereocenters. The van der Waals surface area contributed by atoms with Crippen molar-refractivity contribution in [3.05, 3.63) is 52.5 Å². The van der Waals surface area contributed by atoms with Gasteiger partial charge < -0.3 is 14.8 Å². The minimum absolute atomic E-state index is 0.0424. The molecule has 26 heavy (non-hydrogen) atoms. The summed E-state index contributed by atoms with van der Waals surface area (Å²) in [5.74, 6) is 0.425. The van der Waals surface area contributed by atoms with Gasteiger partial charge in [-0.3, -0.25) is 4.79 Å². The number of ether oxygens (including phenoxy) is 2. The second kappa shape index (κ2) is 8.56. The summed E-state index contributed by atoms with van der Waals surface area (Å²) in [6.07, 6.45) is 2.18. The Morgan fingerprint density at radius 2 is 2.15 bits per heavy atom. The van der Waals surface area contributed by atoms with E-state index in [0.717, 1.165) is 30.6 Å². The lowest BCUT2D eigenvalue weighted by Crippen LogP contribution is -2.35. The van der Waals surface area contributed by atoms with Crippen LogP contribution < -0.4 is 10.1 Å². The summed E-state index contributed by atoms with van der Waals surface area (Å²) in [7, 11) is 0. The van der Waals surface area contributed by atoms with Gasteiger partial charge in [-0.05, 0) is 67.1 Å². The van der Waals surface area contributed by atoms with Crippen molar-refractivity contribution < 1.29 is 14.3 Å². The van der Waals surface area contributed by atoms with Gasteiger partial charge in [0.1, 0.15) is 5.75 Å². The van der Waals surface area contributed by atoms with Crippen LogP contribution in [0, 0.1) is 13.8 Å². The van der Waals surface area contributed by atoms with Crippen LogP contribution in [0.1, 0.15) is 24.0 Å². The van der Waals surface area contributed by atoms with E-state index in [1.165, 1.54) is 11.1 Å². The Morgan fingerprint density at radius 3 is 2.92 bits per heavy atom. The normalized spacial score (nSPS) is 16.5. The van der Waals surface area contributed by atoms with Gasteiger partial charge in [0.15, 0.2) is 6.61 Å². The van der Waals surface area contributed by atoms with Crippen molar-refractivity contribution in [3.8, 4) is 16.9 Å². The molecule has 1 saturated heterocycles. The minimum atomic E-state index is -0.159. The molecule has 1 fully saturated rings. The molecule has 3 rings (SSSR count). The number of hydrogen-bond donors (Lipinski definition) is 1. The highest BCUT2D eigenvalue weighted by atomic mass is 35.5. The molecule has 4 nitrogen and oxygen atoms in total. The van der Waals surface area contributed by atoms with E-state index in [-0.39, 0.29) is 18.6 Å². The smallest absolute Gasteiger partial charge is 0.258 e. The van der Waals surface area contributed by atoms with E-state index in [1.54, 1.807) is 6.07 Å². The largest absolute Gasteiger partial charge is 0.484 e. The van der Waals surface area contributed by atoms with Crippen LogP contribution >= 0.6 is 11.6 Å². The maximum atomic E-state index is 12.0. The molecule has 0 saturated carbocycles. The number of amides is 1.